The molecule has 1 amide bonds. The third-order valence-corrected chi connectivity index (χ3v) is 5.98. The van der Waals surface area contributed by atoms with Gasteiger partial charge >= 0.3 is 0 Å². The molecule has 2 heterocycles. The highest BCUT2D eigenvalue weighted by Crippen LogP contribution is 2.26. The SMILES string of the molecule is Cc1ccc([C@@H](NC(=O)CN(C)Cc2nc3ccccc3c(=O)[nH]2)c2cccs2)cc1. The van der Waals surface area contributed by atoms with E-state index in [4.69, 9.17) is 0 Å². The first kappa shape index (κ1) is 21.0. The summed E-state index contributed by atoms with van der Waals surface area (Å²) in [7, 11) is 1.83. The number of benzene rings is 2. The summed E-state index contributed by atoms with van der Waals surface area (Å²) < 4.78 is 0. The van der Waals surface area contributed by atoms with E-state index in [0.29, 0.717) is 23.3 Å². The quantitative estimate of drug-likeness (QED) is 0.468. The van der Waals surface area contributed by atoms with Crippen LogP contribution in [0.2, 0.25) is 0 Å². The first-order valence-corrected chi connectivity index (χ1v) is 10.9. The molecule has 2 aromatic carbocycles. The molecule has 2 aromatic heterocycles. The summed E-state index contributed by atoms with van der Waals surface area (Å²) in [5.41, 5.74) is 2.70. The van der Waals surface area contributed by atoms with E-state index in [9.17, 15) is 9.59 Å². The highest BCUT2D eigenvalue weighted by Gasteiger charge is 2.19. The van der Waals surface area contributed by atoms with Gasteiger partial charge in [-0.05, 0) is 43.1 Å². The maximum atomic E-state index is 12.8. The van der Waals surface area contributed by atoms with E-state index >= 15 is 0 Å². The molecule has 31 heavy (non-hydrogen) atoms. The standard InChI is InChI=1S/C24H24N4O2S/c1-16-9-11-17(12-10-16)23(20-8-5-13-31-20)27-22(29)15-28(2)14-21-25-19-7-4-3-6-18(19)24(30)26-21/h3-13,23H,14-15H2,1-2H3,(H,27,29)(H,25,26,30)/t23-/m1/s1. The van der Waals surface area contributed by atoms with Gasteiger partial charge in [0.1, 0.15) is 5.82 Å². The molecule has 0 unspecified atom stereocenters. The van der Waals surface area contributed by atoms with Gasteiger partial charge in [-0.3, -0.25) is 14.5 Å². The van der Waals surface area contributed by atoms with Crippen LogP contribution in [0.1, 0.15) is 27.9 Å². The molecule has 0 aliphatic heterocycles. The molecule has 0 fully saturated rings. The third-order valence-electron chi connectivity index (χ3n) is 5.04. The highest BCUT2D eigenvalue weighted by molar-refractivity contribution is 7.10. The van der Waals surface area contributed by atoms with Crippen molar-refractivity contribution < 1.29 is 4.79 Å². The first-order chi connectivity index (χ1) is 15.0. The Morgan fingerprint density at radius 2 is 1.90 bits per heavy atom. The van der Waals surface area contributed by atoms with E-state index < -0.39 is 0 Å². The van der Waals surface area contributed by atoms with Crippen LogP contribution >= 0.6 is 11.3 Å². The van der Waals surface area contributed by atoms with Crippen molar-refractivity contribution in [3.8, 4) is 0 Å². The maximum Gasteiger partial charge on any atom is 0.258 e. The zero-order chi connectivity index (χ0) is 21.8. The Morgan fingerprint density at radius 1 is 1.13 bits per heavy atom. The van der Waals surface area contributed by atoms with Gasteiger partial charge in [-0.15, -0.1) is 11.3 Å². The number of aryl methyl sites for hydroxylation is 1. The summed E-state index contributed by atoms with van der Waals surface area (Å²) in [5.74, 6) is 0.442. The van der Waals surface area contributed by atoms with Gasteiger partial charge in [-0.2, -0.15) is 0 Å². The number of carbonyl (C=O) groups excluding carboxylic acids is 1. The van der Waals surface area contributed by atoms with Gasteiger partial charge in [-0.25, -0.2) is 4.98 Å². The molecule has 4 aromatic rings. The number of nitrogens with one attached hydrogen (secondary N) is 2. The first-order valence-electron chi connectivity index (χ1n) is 10.1. The number of fused-ring (bicyclic) bond motifs is 1. The molecule has 0 spiro atoms. The van der Waals surface area contributed by atoms with E-state index in [1.807, 2.05) is 66.7 Å². The van der Waals surface area contributed by atoms with E-state index in [0.717, 1.165) is 10.4 Å². The second-order valence-corrected chi connectivity index (χ2v) is 8.61. The molecular formula is C24H24N4O2S. The fourth-order valence-electron chi connectivity index (χ4n) is 3.51. The van der Waals surface area contributed by atoms with Crippen molar-refractivity contribution in [1.82, 2.24) is 20.2 Å². The van der Waals surface area contributed by atoms with E-state index in [1.165, 1.54) is 5.56 Å². The molecule has 7 heteroatoms. The van der Waals surface area contributed by atoms with Crippen LogP contribution in [0.25, 0.3) is 10.9 Å². The van der Waals surface area contributed by atoms with Crippen LogP contribution in [0.15, 0.2) is 70.8 Å². The molecule has 6 nitrogen and oxygen atoms in total. The van der Waals surface area contributed by atoms with Crippen molar-refractivity contribution in [2.75, 3.05) is 13.6 Å². The Morgan fingerprint density at radius 3 is 2.65 bits per heavy atom. The number of aromatic amines is 1. The Hall–Kier alpha value is -3.29. The summed E-state index contributed by atoms with van der Waals surface area (Å²) >= 11 is 1.62. The van der Waals surface area contributed by atoms with Gasteiger partial charge in [-0.1, -0.05) is 48.0 Å². The van der Waals surface area contributed by atoms with Crippen LogP contribution in [0.5, 0.6) is 0 Å². The summed E-state index contributed by atoms with van der Waals surface area (Å²) in [5, 5.41) is 5.72. The van der Waals surface area contributed by atoms with Crippen molar-refractivity contribution in [3.63, 3.8) is 0 Å². The number of carbonyl (C=O) groups is 1. The summed E-state index contributed by atoms with van der Waals surface area (Å²) in [6.45, 7) is 2.59. The van der Waals surface area contributed by atoms with Crippen molar-refractivity contribution in [1.29, 1.82) is 0 Å². The van der Waals surface area contributed by atoms with Gasteiger partial charge in [0.2, 0.25) is 5.91 Å². The Kier molecular flexibility index (Phi) is 6.25. The number of hydrogen-bond acceptors (Lipinski definition) is 5. The van der Waals surface area contributed by atoms with Crippen LogP contribution in [-0.4, -0.2) is 34.4 Å². The molecule has 0 aliphatic carbocycles. The number of thiophene rings is 1. The number of hydrogen-bond donors (Lipinski definition) is 2. The lowest BCUT2D eigenvalue weighted by atomic mass is 10.0. The molecule has 0 aliphatic rings. The van der Waals surface area contributed by atoms with Gasteiger partial charge in [0, 0.05) is 4.88 Å². The molecular weight excluding hydrogens is 408 g/mol. The molecule has 158 valence electrons. The minimum Gasteiger partial charge on any atom is -0.343 e. The Balaban J connectivity index is 1.45. The van der Waals surface area contributed by atoms with Crippen LogP contribution in [0.3, 0.4) is 0 Å². The van der Waals surface area contributed by atoms with Crippen LogP contribution in [0.4, 0.5) is 0 Å². The minimum atomic E-state index is -0.194. The lowest BCUT2D eigenvalue weighted by Crippen LogP contribution is -2.37. The number of para-hydroxylation sites is 1. The molecule has 0 bridgehead atoms. The smallest absolute Gasteiger partial charge is 0.258 e. The van der Waals surface area contributed by atoms with Crippen molar-refractivity contribution in [3.05, 3.63) is 98.2 Å². The normalized spacial score (nSPS) is 12.2. The summed E-state index contributed by atoms with van der Waals surface area (Å²) in [4.78, 5) is 35.3. The third kappa shape index (κ3) is 5.07. The number of likely N-dealkylation sites (N-methyl/N-ethyl adjacent to an activating group) is 1. The average molecular weight is 433 g/mol. The highest BCUT2D eigenvalue weighted by atomic mass is 32.1. The lowest BCUT2D eigenvalue weighted by Gasteiger charge is -2.21. The van der Waals surface area contributed by atoms with Gasteiger partial charge in [0.25, 0.3) is 5.56 Å². The molecule has 4 rings (SSSR count). The van der Waals surface area contributed by atoms with E-state index in [2.05, 4.69) is 27.4 Å². The van der Waals surface area contributed by atoms with Gasteiger partial charge in [0.15, 0.2) is 0 Å². The van der Waals surface area contributed by atoms with E-state index in [-0.39, 0.29) is 24.1 Å². The van der Waals surface area contributed by atoms with E-state index in [1.54, 1.807) is 17.4 Å². The monoisotopic (exact) mass is 432 g/mol. The summed E-state index contributed by atoms with van der Waals surface area (Å²) in [6, 6.07) is 19.3. The van der Waals surface area contributed by atoms with Crippen LogP contribution in [0, 0.1) is 6.92 Å². The number of amides is 1. The fourth-order valence-corrected chi connectivity index (χ4v) is 4.31. The Labute approximate surface area is 184 Å². The number of nitrogens with zero attached hydrogens (tertiary/aromatic N) is 2. The minimum absolute atomic E-state index is 0.0930. The fraction of sp³-hybridized carbons (Fsp3) is 0.208. The van der Waals surface area contributed by atoms with Crippen molar-refractivity contribution in [2.24, 2.45) is 0 Å². The van der Waals surface area contributed by atoms with Crippen molar-refractivity contribution >= 4 is 28.1 Å². The predicted molar refractivity (Wildman–Crippen MR) is 124 cm³/mol. The molecule has 2 N–H and O–H groups in total. The average Bonchev–Trinajstić information content (AvgIpc) is 3.27. The summed E-state index contributed by atoms with van der Waals surface area (Å²) in [6.07, 6.45) is 0. The topological polar surface area (TPSA) is 78.1 Å². The van der Waals surface area contributed by atoms with Crippen molar-refractivity contribution in [2.45, 2.75) is 19.5 Å². The van der Waals surface area contributed by atoms with Gasteiger partial charge in [0.05, 0.1) is 30.0 Å². The second-order valence-electron chi connectivity index (χ2n) is 7.63. The van der Waals surface area contributed by atoms with Crippen LogP contribution < -0.4 is 10.9 Å². The molecule has 0 saturated carbocycles. The number of aromatic nitrogens is 2. The zero-order valence-corrected chi connectivity index (χ0v) is 18.3. The van der Waals surface area contributed by atoms with Gasteiger partial charge < -0.3 is 10.3 Å². The second kappa shape index (κ2) is 9.24. The maximum absolute atomic E-state index is 12.8. The molecule has 1 atom stereocenters. The zero-order valence-electron chi connectivity index (χ0n) is 17.5. The molecule has 0 saturated heterocycles. The predicted octanol–water partition coefficient (Wildman–Crippen LogP) is 3.63. The van der Waals surface area contributed by atoms with Crippen LogP contribution in [-0.2, 0) is 11.3 Å². The number of H-pyrrole nitrogens is 1. The molecule has 0 radical (unpaired) electrons. The Bertz CT molecular complexity index is 1230. The lowest BCUT2D eigenvalue weighted by molar-refractivity contribution is -0.122. The number of rotatable bonds is 7. The largest absolute Gasteiger partial charge is 0.343 e.